The van der Waals surface area contributed by atoms with Crippen LogP contribution < -0.4 is 15.5 Å². The zero-order valence-corrected chi connectivity index (χ0v) is 20.2. The second kappa shape index (κ2) is 9.69. The van der Waals surface area contributed by atoms with E-state index in [0.717, 1.165) is 48.4 Å². The lowest BCUT2D eigenvalue weighted by Crippen LogP contribution is -2.46. The monoisotopic (exact) mass is 480 g/mol. The number of carbonyl (C=O) groups is 2. The molecule has 10 nitrogen and oxygen atoms in total. The van der Waals surface area contributed by atoms with Gasteiger partial charge in [-0.1, -0.05) is 6.92 Å². The number of morpholine rings is 1. The second-order valence-electron chi connectivity index (χ2n) is 9.57. The fourth-order valence-corrected chi connectivity index (χ4v) is 4.80. The first kappa shape index (κ1) is 23.3. The lowest BCUT2D eigenvalue weighted by molar-refractivity contribution is 0.0981. The first-order valence-corrected chi connectivity index (χ1v) is 12.3. The lowest BCUT2D eigenvalue weighted by Gasteiger charge is -2.39. The fraction of sp³-hybridized carbons (Fsp3) is 0.520. The minimum Gasteiger partial charge on any atom is -0.465 e. The molecule has 0 spiro atoms. The van der Waals surface area contributed by atoms with E-state index in [0.29, 0.717) is 31.3 Å². The number of aromatic nitrogens is 2. The summed E-state index contributed by atoms with van der Waals surface area (Å²) >= 11 is 0. The largest absolute Gasteiger partial charge is 0.465 e. The molecule has 3 heterocycles. The Balaban J connectivity index is 1.50. The smallest absolute Gasteiger partial charge is 0.407 e. The van der Waals surface area contributed by atoms with Crippen molar-refractivity contribution in [1.29, 1.82) is 0 Å². The minimum atomic E-state index is -0.935. The summed E-state index contributed by atoms with van der Waals surface area (Å²) in [5.41, 5.74) is 3.31. The molecule has 1 aliphatic carbocycles. The summed E-state index contributed by atoms with van der Waals surface area (Å²) in [6.07, 6.45) is 1.93. The molecule has 1 saturated heterocycles. The van der Waals surface area contributed by atoms with E-state index in [1.165, 1.54) is 4.90 Å². The molecule has 5 rings (SSSR count). The van der Waals surface area contributed by atoms with E-state index in [-0.39, 0.29) is 30.6 Å². The Morgan fingerprint density at radius 2 is 1.97 bits per heavy atom. The van der Waals surface area contributed by atoms with Crippen molar-refractivity contribution in [2.75, 3.05) is 36.5 Å². The van der Waals surface area contributed by atoms with Crippen LogP contribution in [0.25, 0.3) is 11.4 Å². The maximum atomic E-state index is 12.1. The average Bonchev–Trinajstić information content (AvgIpc) is 3.67. The highest BCUT2D eigenvalue weighted by molar-refractivity contribution is 5.89. The first-order chi connectivity index (χ1) is 16.9. The molecule has 3 aliphatic rings. The number of carboxylic acid groups (broad SMARTS) is 1. The van der Waals surface area contributed by atoms with E-state index >= 15 is 0 Å². The molecule has 1 saturated carbocycles. The van der Waals surface area contributed by atoms with Crippen LogP contribution in [0.15, 0.2) is 24.3 Å². The molecule has 35 heavy (non-hydrogen) atoms. The minimum absolute atomic E-state index is 0.0329. The molecular formula is C25H32N6O4. The Bertz CT molecular complexity index is 1100. The maximum absolute atomic E-state index is 12.1. The number of nitrogens with one attached hydrogen (secondary N) is 2. The summed E-state index contributed by atoms with van der Waals surface area (Å²) < 4.78 is 5.66. The van der Waals surface area contributed by atoms with Crippen LogP contribution in [0.5, 0.6) is 0 Å². The molecule has 1 unspecified atom stereocenters. The predicted octanol–water partition coefficient (Wildman–Crippen LogP) is 3.64. The van der Waals surface area contributed by atoms with Gasteiger partial charge >= 0.3 is 12.1 Å². The van der Waals surface area contributed by atoms with Crippen LogP contribution in [0.4, 0.5) is 21.1 Å². The van der Waals surface area contributed by atoms with E-state index in [1.807, 2.05) is 24.3 Å². The van der Waals surface area contributed by atoms with Crippen molar-refractivity contribution in [2.24, 2.45) is 0 Å². The molecule has 1 aromatic heterocycles. The first-order valence-electron chi connectivity index (χ1n) is 12.3. The third kappa shape index (κ3) is 5.02. The van der Waals surface area contributed by atoms with E-state index in [1.54, 1.807) is 0 Å². The average molecular weight is 481 g/mol. The standard InChI is InChI=1S/C25H32N6O4/c1-3-16-12-30(25(33)34)13-20-21(16)23(31-10-11-35-14-15(31)2)29-22(28-20)17-4-6-18(7-5-17)26-24(32)27-19-8-9-19/h4-7,15-16,19H,3,8-14H2,1-2H3,(H,33,34)(H2,26,27,32)/t15?,16-/m1/s1. The number of fused-ring (bicyclic) bond motifs is 1. The van der Waals surface area contributed by atoms with Crippen LogP contribution in [0, 0.1) is 0 Å². The fourth-order valence-electron chi connectivity index (χ4n) is 4.80. The Morgan fingerprint density at radius 3 is 2.63 bits per heavy atom. The van der Waals surface area contributed by atoms with Gasteiger partial charge in [0.05, 0.1) is 31.5 Å². The van der Waals surface area contributed by atoms with Crippen LogP contribution in [-0.2, 0) is 11.3 Å². The summed E-state index contributed by atoms with van der Waals surface area (Å²) in [7, 11) is 0. The molecule has 0 radical (unpaired) electrons. The van der Waals surface area contributed by atoms with Crippen molar-refractivity contribution in [3.05, 3.63) is 35.5 Å². The Kier molecular flexibility index (Phi) is 6.46. The molecule has 186 valence electrons. The molecular weight excluding hydrogens is 448 g/mol. The van der Waals surface area contributed by atoms with Crippen LogP contribution in [0.2, 0.25) is 0 Å². The summed E-state index contributed by atoms with van der Waals surface area (Å²) in [6, 6.07) is 7.68. The molecule has 1 aromatic carbocycles. The molecule has 3 amide bonds. The van der Waals surface area contributed by atoms with Gasteiger partial charge in [-0.05, 0) is 50.5 Å². The Hall–Kier alpha value is -3.40. The number of nitrogens with zero attached hydrogens (tertiary/aromatic N) is 4. The summed E-state index contributed by atoms with van der Waals surface area (Å²) in [6.45, 7) is 6.84. The normalized spacial score (nSPS) is 21.9. The quantitative estimate of drug-likeness (QED) is 0.598. The number of rotatable bonds is 5. The van der Waals surface area contributed by atoms with Crippen molar-refractivity contribution >= 4 is 23.6 Å². The SMILES string of the molecule is CC[C@@H]1CN(C(=O)O)Cc2nc(-c3ccc(NC(=O)NC4CC4)cc3)nc(N3CCOCC3C)c21. The molecule has 2 atom stereocenters. The van der Waals surface area contributed by atoms with Gasteiger partial charge in [0.15, 0.2) is 5.82 Å². The van der Waals surface area contributed by atoms with Crippen molar-refractivity contribution in [3.8, 4) is 11.4 Å². The van der Waals surface area contributed by atoms with Crippen molar-refractivity contribution in [3.63, 3.8) is 0 Å². The van der Waals surface area contributed by atoms with E-state index in [2.05, 4.69) is 29.4 Å². The highest BCUT2D eigenvalue weighted by Crippen LogP contribution is 2.38. The van der Waals surface area contributed by atoms with Gasteiger partial charge in [-0.25, -0.2) is 19.6 Å². The third-order valence-electron chi connectivity index (χ3n) is 6.91. The van der Waals surface area contributed by atoms with Gasteiger partial charge in [0.1, 0.15) is 5.82 Å². The molecule has 10 heteroatoms. The van der Waals surface area contributed by atoms with Gasteiger partial charge < -0.3 is 30.3 Å². The number of hydrogen-bond donors (Lipinski definition) is 3. The van der Waals surface area contributed by atoms with E-state index in [4.69, 9.17) is 14.7 Å². The molecule has 0 bridgehead atoms. The van der Waals surface area contributed by atoms with Gasteiger partial charge in [-0.2, -0.15) is 0 Å². The Labute approximate surface area is 204 Å². The highest BCUT2D eigenvalue weighted by atomic mass is 16.5. The number of benzene rings is 1. The van der Waals surface area contributed by atoms with Crippen LogP contribution >= 0.6 is 0 Å². The second-order valence-corrected chi connectivity index (χ2v) is 9.57. The van der Waals surface area contributed by atoms with Crippen LogP contribution in [0.1, 0.15) is 50.3 Å². The maximum Gasteiger partial charge on any atom is 0.407 e. The van der Waals surface area contributed by atoms with Crippen molar-refractivity contribution in [1.82, 2.24) is 20.2 Å². The molecule has 2 fully saturated rings. The zero-order valence-electron chi connectivity index (χ0n) is 20.2. The molecule has 2 aromatic rings. The topological polar surface area (TPSA) is 120 Å². The summed E-state index contributed by atoms with van der Waals surface area (Å²) in [5, 5.41) is 15.5. The van der Waals surface area contributed by atoms with E-state index < -0.39 is 6.09 Å². The third-order valence-corrected chi connectivity index (χ3v) is 6.91. The Morgan fingerprint density at radius 1 is 1.20 bits per heavy atom. The van der Waals surface area contributed by atoms with Gasteiger partial charge in [0.25, 0.3) is 0 Å². The molecule has 3 N–H and O–H groups in total. The number of amides is 3. The van der Waals surface area contributed by atoms with Gasteiger partial charge in [0.2, 0.25) is 0 Å². The molecule has 2 aliphatic heterocycles. The van der Waals surface area contributed by atoms with Crippen LogP contribution in [-0.4, -0.2) is 70.5 Å². The van der Waals surface area contributed by atoms with Gasteiger partial charge in [-0.3, -0.25) is 0 Å². The summed E-state index contributed by atoms with van der Waals surface area (Å²) in [5.74, 6) is 1.46. The van der Waals surface area contributed by atoms with Gasteiger partial charge in [0, 0.05) is 41.9 Å². The van der Waals surface area contributed by atoms with Crippen molar-refractivity contribution < 1.29 is 19.4 Å². The zero-order chi connectivity index (χ0) is 24.5. The number of urea groups is 1. The van der Waals surface area contributed by atoms with Crippen LogP contribution in [0.3, 0.4) is 0 Å². The van der Waals surface area contributed by atoms with E-state index in [9.17, 15) is 14.7 Å². The summed E-state index contributed by atoms with van der Waals surface area (Å²) in [4.78, 5) is 37.5. The van der Waals surface area contributed by atoms with Gasteiger partial charge in [-0.15, -0.1) is 0 Å². The highest BCUT2D eigenvalue weighted by Gasteiger charge is 2.35. The number of carbonyl (C=O) groups excluding carboxylic acids is 1. The number of anilines is 2. The lowest BCUT2D eigenvalue weighted by atomic mass is 9.90. The predicted molar refractivity (Wildman–Crippen MR) is 132 cm³/mol. The number of hydrogen-bond acceptors (Lipinski definition) is 6. The van der Waals surface area contributed by atoms with Crippen molar-refractivity contribution in [2.45, 2.75) is 57.7 Å². The number of ether oxygens (including phenoxy) is 1.